The molecule has 106 valence electrons. The van der Waals surface area contributed by atoms with Gasteiger partial charge >= 0.3 is 0 Å². The molecule has 1 aromatic carbocycles. The van der Waals surface area contributed by atoms with Gasteiger partial charge in [-0.15, -0.1) is 0 Å². The van der Waals surface area contributed by atoms with Crippen molar-refractivity contribution < 1.29 is 9.84 Å². The Bertz CT molecular complexity index is 514. The monoisotopic (exact) mass is 272 g/mol. The number of nitrogens with zero attached hydrogens (tertiary/aromatic N) is 1. The molecule has 0 saturated carbocycles. The first kappa shape index (κ1) is 14.5. The van der Waals surface area contributed by atoms with Crippen LogP contribution in [0.1, 0.15) is 30.2 Å². The number of aromatic nitrogens is 1. The second kappa shape index (κ2) is 7.03. The minimum absolute atomic E-state index is 0.150. The van der Waals surface area contributed by atoms with E-state index in [1.807, 2.05) is 42.6 Å². The van der Waals surface area contributed by atoms with E-state index in [0.717, 1.165) is 16.9 Å². The average molecular weight is 272 g/mol. The van der Waals surface area contributed by atoms with E-state index in [-0.39, 0.29) is 6.04 Å². The number of ether oxygens (including phenoxy) is 1. The molecule has 0 aliphatic carbocycles. The molecule has 0 radical (unpaired) electrons. The highest BCUT2D eigenvalue weighted by Gasteiger charge is 2.10. The van der Waals surface area contributed by atoms with Gasteiger partial charge < -0.3 is 15.2 Å². The van der Waals surface area contributed by atoms with Crippen LogP contribution in [0.3, 0.4) is 0 Å². The molecule has 0 amide bonds. The fourth-order valence-corrected chi connectivity index (χ4v) is 1.98. The van der Waals surface area contributed by atoms with Gasteiger partial charge in [-0.1, -0.05) is 18.2 Å². The maximum atomic E-state index is 10.2. The number of pyridine rings is 1. The molecular weight excluding hydrogens is 252 g/mol. The first-order valence-electron chi connectivity index (χ1n) is 6.66. The molecule has 0 bridgehead atoms. The van der Waals surface area contributed by atoms with E-state index >= 15 is 0 Å². The second-order valence-corrected chi connectivity index (χ2v) is 4.71. The van der Waals surface area contributed by atoms with Crippen LogP contribution in [-0.2, 0) is 0 Å². The minimum Gasteiger partial charge on any atom is -0.497 e. The van der Waals surface area contributed by atoms with Gasteiger partial charge in [0.1, 0.15) is 5.75 Å². The van der Waals surface area contributed by atoms with E-state index in [4.69, 9.17) is 4.74 Å². The predicted molar refractivity (Wildman–Crippen MR) is 78.6 cm³/mol. The largest absolute Gasteiger partial charge is 0.497 e. The number of benzene rings is 1. The van der Waals surface area contributed by atoms with E-state index < -0.39 is 6.10 Å². The van der Waals surface area contributed by atoms with E-state index in [1.54, 1.807) is 13.3 Å². The zero-order valence-corrected chi connectivity index (χ0v) is 11.8. The molecule has 2 N–H and O–H groups in total. The molecule has 4 nitrogen and oxygen atoms in total. The Kier molecular flexibility index (Phi) is 5.09. The van der Waals surface area contributed by atoms with Crippen molar-refractivity contribution in [1.29, 1.82) is 0 Å². The topological polar surface area (TPSA) is 54.4 Å². The van der Waals surface area contributed by atoms with Crippen molar-refractivity contribution in [2.75, 3.05) is 13.7 Å². The van der Waals surface area contributed by atoms with Crippen molar-refractivity contribution in [3.05, 3.63) is 59.9 Å². The number of rotatable bonds is 6. The molecule has 0 saturated heterocycles. The Morgan fingerprint density at radius 1 is 1.20 bits per heavy atom. The van der Waals surface area contributed by atoms with Crippen LogP contribution in [0, 0.1) is 0 Å². The van der Waals surface area contributed by atoms with E-state index in [0.29, 0.717) is 6.54 Å². The first-order valence-corrected chi connectivity index (χ1v) is 6.66. The summed E-state index contributed by atoms with van der Waals surface area (Å²) in [6, 6.07) is 11.5. The third-order valence-corrected chi connectivity index (χ3v) is 3.30. The lowest BCUT2D eigenvalue weighted by Crippen LogP contribution is -2.24. The van der Waals surface area contributed by atoms with E-state index in [2.05, 4.69) is 17.2 Å². The fourth-order valence-electron chi connectivity index (χ4n) is 1.98. The quantitative estimate of drug-likeness (QED) is 0.848. The van der Waals surface area contributed by atoms with Crippen LogP contribution >= 0.6 is 0 Å². The molecule has 1 heterocycles. The molecule has 2 aromatic rings. The summed E-state index contributed by atoms with van der Waals surface area (Å²) in [5.41, 5.74) is 1.98. The lowest BCUT2D eigenvalue weighted by molar-refractivity contribution is 0.170. The highest BCUT2D eigenvalue weighted by atomic mass is 16.5. The van der Waals surface area contributed by atoms with Crippen LogP contribution in [0.15, 0.2) is 48.8 Å². The number of methoxy groups -OCH3 is 1. The summed E-state index contributed by atoms with van der Waals surface area (Å²) in [6.07, 6.45) is 3.04. The number of aliphatic hydroxyl groups excluding tert-OH is 1. The molecule has 0 aliphatic rings. The Morgan fingerprint density at radius 2 is 1.95 bits per heavy atom. The average Bonchev–Trinajstić information content (AvgIpc) is 2.53. The summed E-state index contributed by atoms with van der Waals surface area (Å²) < 4.78 is 5.10. The molecule has 1 unspecified atom stereocenters. The van der Waals surface area contributed by atoms with Gasteiger partial charge in [0.2, 0.25) is 0 Å². The van der Waals surface area contributed by atoms with Gasteiger partial charge in [-0.2, -0.15) is 0 Å². The summed E-state index contributed by atoms with van der Waals surface area (Å²) in [4.78, 5) is 4.09. The van der Waals surface area contributed by atoms with E-state index in [1.165, 1.54) is 0 Å². The molecule has 1 aromatic heterocycles. The maximum Gasteiger partial charge on any atom is 0.118 e. The smallest absolute Gasteiger partial charge is 0.118 e. The van der Waals surface area contributed by atoms with Crippen LogP contribution in [-0.4, -0.2) is 23.7 Å². The number of hydrogen-bond donors (Lipinski definition) is 2. The fraction of sp³-hybridized carbons (Fsp3) is 0.312. The van der Waals surface area contributed by atoms with Gasteiger partial charge in [0.05, 0.1) is 13.2 Å². The SMILES string of the molecule is COc1ccc(C(O)CN[C@@H](C)c2cccnc2)cc1. The third-order valence-electron chi connectivity index (χ3n) is 3.30. The number of hydrogen-bond acceptors (Lipinski definition) is 4. The Labute approximate surface area is 119 Å². The van der Waals surface area contributed by atoms with Crippen molar-refractivity contribution in [2.24, 2.45) is 0 Å². The van der Waals surface area contributed by atoms with Crippen LogP contribution in [0.2, 0.25) is 0 Å². The first-order chi connectivity index (χ1) is 9.70. The van der Waals surface area contributed by atoms with Crippen molar-refractivity contribution in [3.63, 3.8) is 0 Å². The Morgan fingerprint density at radius 3 is 2.55 bits per heavy atom. The van der Waals surface area contributed by atoms with Gasteiger partial charge in [-0.3, -0.25) is 4.98 Å². The van der Waals surface area contributed by atoms with Gasteiger partial charge in [-0.05, 0) is 36.2 Å². The molecule has 20 heavy (non-hydrogen) atoms. The van der Waals surface area contributed by atoms with Gasteiger partial charge in [0.15, 0.2) is 0 Å². The zero-order chi connectivity index (χ0) is 14.4. The Hall–Kier alpha value is -1.91. The zero-order valence-electron chi connectivity index (χ0n) is 11.8. The van der Waals surface area contributed by atoms with Gasteiger partial charge in [0.25, 0.3) is 0 Å². The highest BCUT2D eigenvalue weighted by Crippen LogP contribution is 2.18. The highest BCUT2D eigenvalue weighted by molar-refractivity contribution is 5.28. The van der Waals surface area contributed by atoms with Crippen molar-refractivity contribution in [2.45, 2.75) is 19.1 Å². The molecule has 0 spiro atoms. The summed E-state index contributed by atoms with van der Waals surface area (Å²) in [6.45, 7) is 2.54. The van der Waals surface area contributed by atoms with Crippen LogP contribution < -0.4 is 10.1 Å². The third kappa shape index (κ3) is 3.79. The number of aliphatic hydroxyl groups is 1. The minimum atomic E-state index is -0.542. The summed E-state index contributed by atoms with van der Waals surface area (Å²) >= 11 is 0. The summed E-state index contributed by atoms with van der Waals surface area (Å²) in [5.74, 6) is 0.789. The van der Waals surface area contributed by atoms with E-state index in [9.17, 15) is 5.11 Å². The summed E-state index contributed by atoms with van der Waals surface area (Å²) in [5, 5.41) is 13.5. The Balaban J connectivity index is 1.89. The van der Waals surface area contributed by atoms with Gasteiger partial charge in [0, 0.05) is 25.0 Å². The maximum absolute atomic E-state index is 10.2. The van der Waals surface area contributed by atoms with Crippen molar-refractivity contribution in [3.8, 4) is 5.75 Å². The van der Waals surface area contributed by atoms with Crippen molar-refractivity contribution in [1.82, 2.24) is 10.3 Å². The van der Waals surface area contributed by atoms with Gasteiger partial charge in [-0.25, -0.2) is 0 Å². The number of nitrogens with one attached hydrogen (secondary N) is 1. The van der Waals surface area contributed by atoms with Crippen LogP contribution in [0.4, 0.5) is 0 Å². The lowest BCUT2D eigenvalue weighted by atomic mass is 10.1. The molecular formula is C16H20N2O2. The standard InChI is InChI=1S/C16H20N2O2/c1-12(14-4-3-9-17-10-14)18-11-16(19)13-5-7-15(20-2)8-6-13/h3-10,12,16,18-19H,11H2,1-2H3/t12-,16?/m0/s1. The molecule has 0 aliphatic heterocycles. The summed E-state index contributed by atoms with van der Waals surface area (Å²) in [7, 11) is 1.63. The molecule has 0 fully saturated rings. The van der Waals surface area contributed by atoms with Crippen LogP contribution in [0.25, 0.3) is 0 Å². The molecule has 2 rings (SSSR count). The van der Waals surface area contributed by atoms with Crippen molar-refractivity contribution >= 4 is 0 Å². The lowest BCUT2D eigenvalue weighted by Gasteiger charge is -2.17. The second-order valence-electron chi connectivity index (χ2n) is 4.71. The molecule has 4 heteroatoms. The normalized spacial score (nSPS) is 13.8. The predicted octanol–water partition coefficient (Wildman–Crippen LogP) is 2.47. The molecule has 2 atom stereocenters. The van der Waals surface area contributed by atoms with Crippen LogP contribution in [0.5, 0.6) is 5.75 Å².